The summed E-state index contributed by atoms with van der Waals surface area (Å²) in [6, 6.07) is 4.14. The number of hydrogen-bond acceptors (Lipinski definition) is 4. The molecule has 0 spiro atoms. The molecule has 3 heterocycles. The van der Waals surface area contributed by atoms with Crippen LogP contribution < -0.4 is 5.32 Å². The molecular formula is C14H22N2O2S2. The van der Waals surface area contributed by atoms with Gasteiger partial charge in [-0.1, -0.05) is 0 Å². The number of piperidine rings is 1. The van der Waals surface area contributed by atoms with Crippen LogP contribution in [0.15, 0.2) is 16.3 Å². The molecule has 0 aliphatic carbocycles. The summed E-state index contributed by atoms with van der Waals surface area (Å²) in [7, 11) is -3.28. The van der Waals surface area contributed by atoms with Gasteiger partial charge in [0.2, 0.25) is 0 Å². The van der Waals surface area contributed by atoms with Crippen LogP contribution >= 0.6 is 11.3 Å². The van der Waals surface area contributed by atoms with Crippen molar-refractivity contribution in [2.45, 2.75) is 42.9 Å². The van der Waals surface area contributed by atoms with Gasteiger partial charge in [-0.25, -0.2) is 8.42 Å². The molecule has 3 rings (SSSR count). The molecule has 1 aromatic rings. The van der Waals surface area contributed by atoms with E-state index in [0.29, 0.717) is 29.3 Å². The van der Waals surface area contributed by atoms with Crippen LogP contribution in [-0.2, 0) is 10.0 Å². The van der Waals surface area contributed by atoms with Gasteiger partial charge in [0.15, 0.2) is 0 Å². The fraction of sp³-hybridized carbons (Fsp3) is 0.714. The summed E-state index contributed by atoms with van der Waals surface area (Å²) < 4.78 is 27.6. The summed E-state index contributed by atoms with van der Waals surface area (Å²) in [5.74, 6) is 0.474. The maximum atomic E-state index is 12.7. The first kappa shape index (κ1) is 14.5. The van der Waals surface area contributed by atoms with E-state index in [2.05, 4.69) is 5.32 Å². The van der Waals surface area contributed by atoms with Gasteiger partial charge in [-0.15, -0.1) is 11.3 Å². The number of nitrogens with zero attached hydrogens (tertiary/aromatic N) is 1. The molecule has 112 valence electrons. The summed E-state index contributed by atoms with van der Waals surface area (Å²) in [5, 5.41) is 3.52. The lowest BCUT2D eigenvalue weighted by Crippen LogP contribution is -2.45. The van der Waals surface area contributed by atoms with Gasteiger partial charge in [-0.2, -0.15) is 4.31 Å². The Kier molecular flexibility index (Phi) is 4.17. The Bertz CT molecular complexity index is 561. The highest BCUT2D eigenvalue weighted by Gasteiger charge is 2.35. The van der Waals surface area contributed by atoms with E-state index in [1.54, 1.807) is 10.4 Å². The van der Waals surface area contributed by atoms with Gasteiger partial charge < -0.3 is 5.32 Å². The minimum atomic E-state index is -3.28. The fourth-order valence-corrected chi connectivity index (χ4v) is 6.29. The van der Waals surface area contributed by atoms with Crippen molar-refractivity contribution in [3.8, 4) is 0 Å². The van der Waals surface area contributed by atoms with Crippen LogP contribution in [0.25, 0.3) is 0 Å². The molecule has 0 saturated carbocycles. The second-order valence-electron chi connectivity index (χ2n) is 5.83. The van der Waals surface area contributed by atoms with Crippen LogP contribution in [-0.4, -0.2) is 38.4 Å². The van der Waals surface area contributed by atoms with Crippen LogP contribution in [0, 0.1) is 12.8 Å². The molecule has 4 nitrogen and oxygen atoms in total. The highest BCUT2D eigenvalue weighted by molar-refractivity contribution is 7.91. The number of nitrogens with one attached hydrogen (secondary N) is 1. The largest absolute Gasteiger partial charge is 0.314 e. The lowest BCUT2D eigenvalue weighted by Gasteiger charge is -2.34. The Morgan fingerprint density at radius 2 is 2.15 bits per heavy atom. The molecule has 0 radical (unpaired) electrons. The smallest absolute Gasteiger partial charge is 0.252 e. The zero-order chi connectivity index (χ0) is 14.2. The van der Waals surface area contributed by atoms with E-state index >= 15 is 0 Å². The van der Waals surface area contributed by atoms with E-state index in [-0.39, 0.29) is 0 Å². The fourth-order valence-electron chi connectivity index (χ4n) is 3.31. The predicted octanol–water partition coefficient (Wildman–Crippen LogP) is 2.21. The summed E-state index contributed by atoms with van der Waals surface area (Å²) in [5.41, 5.74) is 0. The lowest BCUT2D eigenvalue weighted by molar-refractivity contribution is 0.227. The van der Waals surface area contributed by atoms with Crippen LogP contribution in [0.2, 0.25) is 0 Å². The zero-order valence-corrected chi connectivity index (χ0v) is 13.5. The second kappa shape index (κ2) is 5.75. The molecule has 1 N–H and O–H groups in total. The van der Waals surface area contributed by atoms with Gasteiger partial charge in [0.05, 0.1) is 0 Å². The Balaban J connectivity index is 1.75. The number of aryl methyl sites for hydroxylation is 1. The number of rotatable bonds is 3. The van der Waals surface area contributed by atoms with Gasteiger partial charge in [0.25, 0.3) is 10.0 Å². The summed E-state index contributed by atoms with van der Waals surface area (Å²) in [6.45, 7) is 4.38. The van der Waals surface area contributed by atoms with Crippen LogP contribution in [0.1, 0.15) is 30.6 Å². The van der Waals surface area contributed by atoms with Crippen molar-refractivity contribution in [2.75, 3.05) is 19.6 Å². The van der Waals surface area contributed by atoms with Gasteiger partial charge >= 0.3 is 0 Å². The Labute approximate surface area is 125 Å². The Morgan fingerprint density at radius 3 is 2.80 bits per heavy atom. The zero-order valence-electron chi connectivity index (χ0n) is 11.8. The van der Waals surface area contributed by atoms with E-state index in [9.17, 15) is 8.42 Å². The molecule has 2 aliphatic rings. The number of hydrogen-bond donors (Lipinski definition) is 1. The highest BCUT2D eigenvalue weighted by Crippen LogP contribution is 2.30. The quantitative estimate of drug-likeness (QED) is 0.930. The minimum absolute atomic E-state index is 0.474. The van der Waals surface area contributed by atoms with E-state index < -0.39 is 10.0 Å². The minimum Gasteiger partial charge on any atom is -0.314 e. The van der Waals surface area contributed by atoms with Crippen LogP contribution in [0.3, 0.4) is 0 Å². The maximum Gasteiger partial charge on any atom is 0.252 e. The first-order valence-corrected chi connectivity index (χ1v) is 9.63. The first-order valence-electron chi connectivity index (χ1n) is 7.37. The van der Waals surface area contributed by atoms with Crippen molar-refractivity contribution in [3.63, 3.8) is 0 Å². The second-order valence-corrected chi connectivity index (χ2v) is 9.29. The van der Waals surface area contributed by atoms with Gasteiger partial charge in [0.1, 0.15) is 4.21 Å². The van der Waals surface area contributed by atoms with E-state index in [1.807, 2.05) is 13.0 Å². The van der Waals surface area contributed by atoms with E-state index in [4.69, 9.17) is 0 Å². The van der Waals surface area contributed by atoms with Crippen LogP contribution in [0.4, 0.5) is 0 Å². The van der Waals surface area contributed by atoms with E-state index in [0.717, 1.165) is 24.3 Å². The standard InChI is InChI=1S/C14H22N2O2S2/c1-11-6-7-14(19-11)20(17,18)16-9-3-4-12(10-16)13-5-2-8-15-13/h6-7,12-13,15H,2-5,8-10H2,1H3. The topological polar surface area (TPSA) is 49.4 Å². The first-order chi connectivity index (χ1) is 9.57. The molecule has 20 heavy (non-hydrogen) atoms. The molecule has 2 fully saturated rings. The molecule has 2 aliphatic heterocycles. The van der Waals surface area contributed by atoms with Gasteiger partial charge in [-0.05, 0) is 57.2 Å². The van der Waals surface area contributed by atoms with Crippen molar-refractivity contribution >= 4 is 21.4 Å². The molecule has 0 aromatic carbocycles. The predicted molar refractivity (Wildman–Crippen MR) is 81.6 cm³/mol. The monoisotopic (exact) mass is 314 g/mol. The Morgan fingerprint density at radius 1 is 1.30 bits per heavy atom. The van der Waals surface area contributed by atoms with Gasteiger partial charge in [-0.3, -0.25) is 0 Å². The average Bonchev–Trinajstić information content (AvgIpc) is 3.10. The normalized spacial score (nSPS) is 28.9. The molecule has 6 heteroatoms. The van der Waals surface area contributed by atoms with Crippen molar-refractivity contribution in [1.29, 1.82) is 0 Å². The lowest BCUT2D eigenvalue weighted by atomic mass is 9.91. The van der Waals surface area contributed by atoms with Crippen molar-refractivity contribution in [3.05, 3.63) is 17.0 Å². The summed E-state index contributed by atoms with van der Waals surface area (Å²) in [4.78, 5) is 1.05. The summed E-state index contributed by atoms with van der Waals surface area (Å²) in [6.07, 6.45) is 4.54. The number of thiophene rings is 1. The average molecular weight is 314 g/mol. The van der Waals surface area contributed by atoms with Crippen molar-refractivity contribution < 1.29 is 8.42 Å². The third-order valence-corrected chi connectivity index (χ3v) is 7.73. The molecule has 1 aromatic heterocycles. The molecule has 2 saturated heterocycles. The molecular weight excluding hydrogens is 292 g/mol. The SMILES string of the molecule is Cc1ccc(S(=O)(=O)N2CCCC(C3CCCN3)C2)s1. The number of sulfonamides is 1. The molecule has 2 unspecified atom stereocenters. The molecule has 0 amide bonds. The molecule has 2 atom stereocenters. The van der Waals surface area contributed by atoms with Crippen molar-refractivity contribution in [2.24, 2.45) is 5.92 Å². The highest BCUT2D eigenvalue weighted by atomic mass is 32.2. The van der Waals surface area contributed by atoms with E-state index in [1.165, 1.54) is 24.2 Å². The van der Waals surface area contributed by atoms with Gasteiger partial charge in [0, 0.05) is 24.0 Å². The summed E-state index contributed by atoms with van der Waals surface area (Å²) >= 11 is 1.38. The van der Waals surface area contributed by atoms with Crippen LogP contribution in [0.5, 0.6) is 0 Å². The van der Waals surface area contributed by atoms with Crippen molar-refractivity contribution in [1.82, 2.24) is 9.62 Å². The third-order valence-electron chi connectivity index (χ3n) is 4.40. The maximum absolute atomic E-state index is 12.7. The Hall–Kier alpha value is -0.430. The third kappa shape index (κ3) is 2.79. The molecule has 0 bridgehead atoms.